The van der Waals surface area contributed by atoms with E-state index in [1.165, 1.54) is 12.1 Å². The number of nitrogens with one attached hydrogen (secondary N) is 2. The second-order valence-corrected chi connectivity index (χ2v) is 5.20. The molecular weight excluding hydrogens is 278 g/mol. The molecule has 0 fully saturated rings. The largest absolute Gasteiger partial charge is 0.373 e. The van der Waals surface area contributed by atoms with Gasteiger partial charge in [0, 0.05) is 25.4 Å². The molecule has 2 N–H and O–H groups in total. The fraction of sp³-hybridized carbons (Fsp3) is 0.333. The average molecular weight is 293 g/mol. The van der Waals surface area contributed by atoms with E-state index in [9.17, 15) is 10.1 Å². The molecule has 8 heteroatoms. The summed E-state index contributed by atoms with van der Waals surface area (Å²) in [5, 5.41) is 19.8. The van der Waals surface area contributed by atoms with Gasteiger partial charge in [-0.15, -0.1) is 11.3 Å². The highest BCUT2D eigenvalue weighted by molar-refractivity contribution is 7.09. The lowest BCUT2D eigenvalue weighted by Crippen LogP contribution is -2.08. The van der Waals surface area contributed by atoms with E-state index in [0.29, 0.717) is 18.2 Å². The van der Waals surface area contributed by atoms with E-state index in [-0.39, 0.29) is 5.69 Å². The van der Waals surface area contributed by atoms with Gasteiger partial charge in [0.05, 0.1) is 27.8 Å². The Kier molecular flexibility index (Phi) is 4.46. The van der Waals surface area contributed by atoms with Crippen LogP contribution in [0.3, 0.4) is 0 Å². The van der Waals surface area contributed by atoms with Crippen LogP contribution in [0.15, 0.2) is 17.5 Å². The topological polar surface area (TPSA) is 93.0 Å². The number of aryl methyl sites for hydroxylation is 1. The summed E-state index contributed by atoms with van der Waals surface area (Å²) in [6, 6.07) is 2.82. The van der Waals surface area contributed by atoms with Crippen molar-refractivity contribution in [3.8, 4) is 0 Å². The second-order valence-electron chi connectivity index (χ2n) is 4.14. The third-order valence-electron chi connectivity index (χ3n) is 2.63. The van der Waals surface area contributed by atoms with Crippen LogP contribution in [-0.4, -0.2) is 28.5 Å². The summed E-state index contributed by atoms with van der Waals surface area (Å²) in [5.74, 6) is 0.946. The highest BCUT2D eigenvalue weighted by atomic mass is 32.1. The third-order valence-corrected chi connectivity index (χ3v) is 3.45. The van der Waals surface area contributed by atoms with Gasteiger partial charge in [-0.25, -0.2) is 9.97 Å². The summed E-state index contributed by atoms with van der Waals surface area (Å²) in [5.41, 5.74) is 1.02. The zero-order valence-corrected chi connectivity index (χ0v) is 12.0. The molecule has 0 atom stereocenters. The molecule has 0 unspecified atom stereocenters. The first-order valence-electron chi connectivity index (χ1n) is 6.07. The number of rotatable bonds is 6. The molecule has 20 heavy (non-hydrogen) atoms. The molecule has 0 saturated heterocycles. The summed E-state index contributed by atoms with van der Waals surface area (Å²) in [4.78, 5) is 19.0. The normalized spacial score (nSPS) is 10.3. The van der Waals surface area contributed by atoms with Gasteiger partial charge in [-0.2, -0.15) is 0 Å². The maximum atomic E-state index is 10.8. The van der Waals surface area contributed by atoms with Crippen molar-refractivity contribution in [2.75, 3.05) is 24.2 Å². The van der Waals surface area contributed by atoms with E-state index in [2.05, 4.69) is 20.6 Å². The van der Waals surface area contributed by atoms with Crippen LogP contribution in [0.2, 0.25) is 0 Å². The third kappa shape index (κ3) is 3.64. The van der Waals surface area contributed by atoms with Gasteiger partial charge in [0.2, 0.25) is 0 Å². The van der Waals surface area contributed by atoms with E-state index < -0.39 is 4.92 Å². The monoisotopic (exact) mass is 293 g/mol. The number of anilines is 2. The summed E-state index contributed by atoms with van der Waals surface area (Å²) in [6.07, 6.45) is 0.754. The predicted molar refractivity (Wildman–Crippen MR) is 79.5 cm³/mol. The molecule has 0 amide bonds. The van der Waals surface area contributed by atoms with Crippen LogP contribution in [0, 0.1) is 17.0 Å². The molecule has 0 aromatic carbocycles. The zero-order chi connectivity index (χ0) is 14.5. The van der Waals surface area contributed by atoms with Crippen molar-refractivity contribution in [1.29, 1.82) is 0 Å². The number of nitro groups is 1. The SMILES string of the molecule is CNc1cc([N+](=O)[O-])cc(NCCc2csc(C)n2)n1. The molecule has 0 aliphatic rings. The Morgan fingerprint density at radius 3 is 2.70 bits per heavy atom. The van der Waals surface area contributed by atoms with E-state index in [4.69, 9.17) is 0 Å². The van der Waals surface area contributed by atoms with Gasteiger partial charge in [0.1, 0.15) is 11.6 Å². The van der Waals surface area contributed by atoms with Crippen molar-refractivity contribution in [2.45, 2.75) is 13.3 Å². The van der Waals surface area contributed by atoms with Crippen molar-refractivity contribution < 1.29 is 4.92 Å². The number of hydrogen-bond acceptors (Lipinski definition) is 7. The average Bonchev–Trinajstić information content (AvgIpc) is 2.84. The first-order chi connectivity index (χ1) is 9.58. The summed E-state index contributed by atoms with van der Waals surface area (Å²) >= 11 is 1.61. The summed E-state index contributed by atoms with van der Waals surface area (Å²) in [6.45, 7) is 2.59. The summed E-state index contributed by atoms with van der Waals surface area (Å²) < 4.78 is 0. The summed E-state index contributed by atoms with van der Waals surface area (Å²) in [7, 11) is 1.67. The van der Waals surface area contributed by atoms with Crippen LogP contribution in [0.1, 0.15) is 10.7 Å². The quantitative estimate of drug-likeness (QED) is 0.627. The fourth-order valence-electron chi connectivity index (χ4n) is 1.68. The zero-order valence-electron chi connectivity index (χ0n) is 11.2. The van der Waals surface area contributed by atoms with Crippen molar-refractivity contribution in [3.05, 3.63) is 38.3 Å². The maximum Gasteiger partial charge on any atom is 0.276 e. The van der Waals surface area contributed by atoms with Gasteiger partial charge in [0.15, 0.2) is 0 Å². The number of nitrogens with zero attached hydrogens (tertiary/aromatic N) is 3. The first kappa shape index (κ1) is 14.2. The second kappa shape index (κ2) is 6.29. The number of pyridine rings is 1. The Labute approximate surface area is 120 Å². The predicted octanol–water partition coefficient (Wildman–Crippen LogP) is 2.45. The van der Waals surface area contributed by atoms with Gasteiger partial charge in [-0.1, -0.05) is 0 Å². The van der Waals surface area contributed by atoms with Gasteiger partial charge >= 0.3 is 0 Å². The molecule has 2 heterocycles. The molecule has 2 aromatic heterocycles. The van der Waals surface area contributed by atoms with Crippen molar-refractivity contribution in [2.24, 2.45) is 0 Å². The first-order valence-corrected chi connectivity index (χ1v) is 6.95. The van der Waals surface area contributed by atoms with Crippen LogP contribution >= 0.6 is 11.3 Å². The molecule has 7 nitrogen and oxygen atoms in total. The minimum atomic E-state index is -0.433. The molecule has 0 aliphatic heterocycles. The van der Waals surface area contributed by atoms with Crippen LogP contribution in [0.25, 0.3) is 0 Å². The minimum Gasteiger partial charge on any atom is -0.373 e. The standard InChI is InChI=1S/C12H15N5O2S/c1-8-15-9(7-20-8)3-4-14-12-6-10(17(18)19)5-11(13-2)16-12/h5-7H,3-4H2,1-2H3,(H2,13,14,16). The molecular formula is C12H15N5O2S. The van der Waals surface area contributed by atoms with Gasteiger partial charge in [-0.3, -0.25) is 10.1 Å². The van der Waals surface area contributed by atoms with E-state index in [1.807, 2.05) is 12.3 Å². The van der Waals surface area contributed by atoms with Crippen molar-refractivity contribution in [3.63, 3.8) is 0 Å². The molecule has 2 rings (SSSR count). The van der Waals surface area contributed by atoms with E-state index in [0.717, 1.165) is 17.1 Å². The Hall–Kier alpha value is -2.22. The van der Waals surface area contributed by atoms with Crippen LogP contribution in [0.5, 0.6) is 0 Å². The molecule has 2 aromatic rings. The van der Waals surface area contributed by atoms with Crippen LogP contribution in [-0.2, 0) is 6.42 Å². The number of thiazole rings is 1. The molecule has 0 radical (unpaired) electrons. The lowest BCUT2D eigenvalue weighted by molar-refractivity contribution is -0.384. The molecule has 106 valence electrons. The molecule has 0 aliphatic carbocycles. The van der Waals surface area contributed by atoms with Crippen molar-refractivity contribution >= 4 is 28.7 Å². The molecule has 0 spiro atoms. The fourth-order valence-corrected chi connectivity index (χ4v) is 2.33. The maximum absolute atomic E-state index is 10.8. The highest BCUT2D eigenvalue weighted by Gasteiger charge is 2.10. The Morgan fingerprint density at radius 1 is 1.35 bits per heavy atom. The van der Waals surface area contributed by atoms with Gasteiger partial charge < -0.3 is 10.6 Å². The van der Waals surface area contributed by atoms with E-state index in [1.54, 1.807) is 18.4 Å². The van der Waals surface area contributed by atoms with Crippen LogP contribution < -0.4 is 10.6 Å². The van der Waals surface area contributed by atoms with Gasteiger partial charge in [-0.05, 0) is 6.92 Å². The van der Waals surface area contributed by atoms with E-state index >= 15 is 0 Å². The van der Waals surface area contributed by atoms with Gasteiger partial charge in [0.25, 0.3) is 5.69 Å². The Balaban J connectivity index is 2.01. The Bertz CT molecular complexity index is 614. The molecule has 0 bridgehead atoms. The minimum absolute atomic E-state index is 0.0105. The lowest BCUT2D eigenvalue weighted by Gasteiger charge is -2.06. The molecule has 0 saturated carbocycles. The Morgan fingerprint density at radius 2 is 2.10 bits per heavy atom. The van der Waals surface area contributed by atoms with Crippen molar-refractivity contribution in [1.82, 2.24) is 9.97 Å². The smallest absolute Gasteiger partial charge is 0.276 e. The highest BCUT2D eigenvalue weighted by Crippen LogP contribution is 2.20. The lowest BCUT2D eigenvalue weighted by atomic mass is 10.3. The van der Waals surface area contributed by atoms with Crippen LogP contribution in [0.4, 0.5) is 17.3 Å². The number of hydrogen-bond donors (Lipinski definition) is 2. The number of aromatic nitrogens is 2.